The zero-order chi connectivity index (χ0) is 16.7. The van der Waals surface area contributed by atoms with Gasteiger partial charge in [0.15, 0.2) is 0 Å². The van der Waals surface area contributed by atoms with E-state index in [1.807, 2.05) is 6.07 Å². The largest absolute Gasteiger partial charge is 0.507 e. The monoisotopic (exact) mass is 328 g/mol. The Kier molecular flexibility index (Phi) is 6.23. The van der Waals surface area contributed by atoms with Gasteiger partial charge in [0.1, 0.15) is 5.75 Å². The molecule has 0 aliphatic carbocycles. The maximum absolute atomic E-state index is 11.8. The predicted molar refractivity (Wildman–Crippen MR) is 95.8 cm³/mol. The molecule has 0 fully saturated rings. The van der Waals surface area contributed by atoms with Crippen LogP contribution >= 0.6 is 11.8 Å². The number of phenols is 1. The number of hydrogen-bond donors (Lipinski definition) is 2. The van der Waals surface area contributed by atoms with Crippen molar-refractivity contribution in [2.75, 3.05) is 5.75 Å². The summed E-state index contributed by atoms with van der Waals surface area (Å²) in [5.41, 5.74) is 6.13. The molecule has 5 heteroatoms. The van der Waals surface area contributed by atoms with Gasteiger partial charge in [0, 0.05) is 11.3 Å². The maximum atomic E-state index is 11.8. The molecule has 0 saturated heterocycles. The lowest BCUT2D eigenvalue weighted by atomic mass is 10.1. The summed E-state index contributed by atoms with van der Waals surface area (Å²) in [7, 11) is 0. The highest BCUT2D eigenvalue weighted by molar-refractivity contribution is 7.99. The van der Waals surface area contributed by atoms with E-state index in [0.29, 0.717) is 17.0 Å². The quantitative estimate of drug-likeness (QED) is 0.630. The smallest absolute Gasteiger partial charge is 0.250 e. The average Bonchev–Trinajstić information content (AvgIpc) is 2.55. The van der Waals surface area contributed by atoms with E-state index in [-0.39, 0.29) is 11.7 Å². The molecule has 0 heterocycles. The molecule has 0 aliphatic rings. The van der Waals surface area contributed by atoms with Crippen LogP contribution in [0.3, 0.4) is 0 Å². The number of benzene rings is 2. The van der Waals surface area contributed by atoms with Crippen LogP contribution in [0, 0.1) is 6.92 Å². The average molecular weight is 328 g/mol. The fourth-order valence-electron chi connectivity index (χ4n) is 1.96. The van der Waals surface area contributed by atoms with Crippen LogP contribution in [-0.4, -0.2) is 22.5 Å². The highest BCUT2D eigenvalue weighted by atomic mass is 32.2. The van der Waals surface area contributed by atoms with Gasteiger partial charge in [-0.05, 0) is 31.5 Å². The number of phenolic OH excluding ortho intramolecular Hbond substituents is 1. The molecule has 0 spiro atoms. The third-order valence-electron chi connectivity index (χ3n) is 3.26. The minimum atomic E-state index is -0.156. The maximum Gasteiger partial charge on any atom is 0.250 e. The SMILES string of the molecule is C/C(=N/NC(=O)CSCc1ccc(C)cc1)c1ccccc1O. The summed E-state index contributed by atoms with van der Waals surface area (Å²) >= 11 is 1.54. The Balaban J connectivity index is 1.79. The standard InChI is InChI=1S/C18H20N2O2S/c1-13-7-9-15(10-8-13)11-23-12-18(22)20-19-14(2)16-5-3-4-6-17(16)21/h3-10,21H,11-12H2,1-2H3,(H,20,22)/b19-14-. The second-order valence-electron chi connectivity index (χ2n) is 5.23. The van der Waals surface area contributed by atoms with Gasteiger partial charge in [-0.15, -0.1) is 11.8 Å². The minimum Gasteiger partial charge on any atom is -0.507 e. The molecule has 0 radical (unpaired) electrons. The molecule has 0 aliphatic heterocycles. The summed E-state index contributed by atoms with van der Waals surface area (Å²) in [6, 6.07) is 15.2. The molecule has 0 atom stereocenters. The van der Waals surface area contributed by atoms with Gasteiger partial charge in [-0.1, -0.05) is 42.0 Å². The number of carbonyl (C=O) groups is 1. The molecule has 2 N–H and O–H groups in total. The van der Waals surface area contributed by atoms with Crippen LogP contribution in [0.25, 0.3) is 0 Å². The van der Waals surface area contributed by atoms with Crippen molar-refractivity contribution in [2.45, 2.75) is 19.6 Å². The van der Waals surface area contributed by atoms with Crippen molar-refractivity contribution in [1.29, 1.82) is 0 Å². The Bertz CT molecular complexity index is 696. The summed E-state index contributed by atoms with van der Waals surface area (Å²) in [4.78, 5) is 11.8. The van der Waals surface area contributed by atoms with Gasteiger partial charge in [0.25, 0.3) is 0 Å². The summed E-state index contributed by atoms with van der Waals surface area (Å²) in [5.74, 6) is 1.12. The Morgan fingerprint density at radius 3 is 2.57 bits per heavy atom. The molecule has 4 nitrogen and oxygen atoms in total. The molecular formula is C18H20N2O2S. The zero-order valence-corrected chi connectivity index (χ0v) is 14.1. The summed E-state index contributed by atoms with van der Waals surface area (Å²) < 4.78 is 0. The van der Waals surface area contributed by atoms with Gasteiger partial charge in [0.05, 0.1) is 11.5 Å². The van der Waals surface area contributed by atoms with Crippen molar-refractivity contribution in [3.8, 4) is 5.75 Å². The second kappa shape index (κ2) is 8.39. The molecule has 0 bridgehead atoms. The number of aromatic hydroxyl groups is 1. The third kappa shape index (κ3) is 5.45. The van der Waals surface area contributed by atoms with Crippen LogP contribution < -0.4 is 5.43 Å². The molecule has 2 aromatic carbocycles. The number of para-hydroxylation sites is 1. The predicted octanol–water partition coefficient (Wildman–Crippen LogP) is 3.47. The van der Waals surface area contributed by atoms with Crippen LogP contribution in [0.1, 0.15) is 23.6 Å². The Labute approximate surface area is 140 Å². The normalized spacial score (nSPS) is 11.3. The van der Waals surface area contributed by atoms with E-state index in [1.165, 1.54) is 11.1 Å². The van der Waals surface area contributed by atoms with Crippen LogP contribution in [0.15, 0.2) is 53.6 Å². The molecule has 2 aromatic rings. The van der Waals surface area contributed by atoms with E-state index in [2.05, 4.69) is 41.7 Å². The lowest BCUT2D eigenvalue weighted by Gasteiger charge is -2.05. The number of rotatable bonds is 6. The Hall–Kier alpha value is -2.27. The fourth-order valence-corrected chi connectivity index (χ4v) is 2.74. The molecule has 1 amide bonds. The third-order valence-corrected chi connectivity index (χ3v) is 4.27. The molecule has 2 rings (SSSR count). The molecular weight excluding hydrogens is 308 g/mol. The van der Waals surface area contributed by atoms with Crippen LogP contribution in [-0.2, 0) is 10.5 Å². The van der Waals surface area contributed by atoms with Gasteiger partial charge in [0.2, 0.25) is 5.91 Å². The number of hydrogen-bond acceptors (Lipinski definition) is 4. The molecule has 0 aromatic heterocycles. The van der Waals surface area contributed by atoms with Gasteiger partial charge in [-0.3, -0.25) is 4.79 Å². The number of aryl methyl sites for hydroxylation is 1. The Morgan fingerprint density at radius 1 is 1.17 bits per heavy atom. The lowest BCUT2D eigenvalue weighted by Crippen LogP contribution is -2.21. The van der Waals surface area contributed by atoms with E-state index in [9.17, 15) is 9.90 Å². The number of carbonyl (C=O) groups excluding carboxylic acids is 1. The number of thioether (sulfide) groups is 1. The summed E-state index contributed by atoms with van der Waals surface area (Å²) in [6.45, 7) is 3.80. The van der Waals surface area contributed by atoms with Crippen LogP contribution in [0.5, 0.6) is 5.75 Å². The second-order valence-corrected chi connectivity index (χ2v) is 6.21. The first-order valence-electron chi connectivity index (χ1n) is 7.31. The minimum absolute atomic E-state index is 0.150. The van der Waals surface area contributed by atoms with E-state index >= 15 is 0 Å². The van der Waals surface area contributed by atoms with Crippen molar-refractivity contribution in [3.63, 3.8) is 0 Å². The highest BCUT2D eigenvalue weighted by Gasteiger charge is 2.05. The van der Waals surface area contributed by atoms with E-state index < -0.39 is 0 Å². The molecule has 0 unspecified atom stereocenters. The first kappa shape index (κ1) is 17.1. The van der Waals surface area contributed by atoms with E-state index in [0.717, 1.165) is 5.75 Å². The number of nitrogens with one attached hydrogen (secondary N) is 1. The Morgan fingerprint density at radius 2 is 1.87 bits per heavy atom. The van der Waals surface area contributed by atoms with Crippen LogP contribution in [0.4, 0.5) is 0 Å². The van der Waals surface area contributed by atoms with Crippen molar-refractivity contribution in [3.05, 3.63) is 65.2 Å². The van der Waals surface area contributed by atoms with Crippen molar-refractivity contribution < 1.29 is 9.90 Å². The first-order valence-corrected chi connectivity index (χ1v) is 8.46. The summed E-state index contributed by atoms with van der Waals surface area (Å²) in [5, 5.41) is 13.8. The zero-order valence-electron chi connectivity index (χ0n) is 13.2. The molecule has 0 saturated carbocycles. The van der Waals surface area contributed by atoms with E-state index in [1.54, 1.807) is 36.9 Å². The van der Waals surface area contributed by atoms with Gasteiger partial charge < -0.3 is 5.11 Å². The van der Waals surface area contributed by atoms with E-state index in [4.69, 9.17) is 0 Å². The van der Waals surface area contributed by atoms with Crippen LogP contribution in [0.2, 0.25) is 0 Å². The van der Waals surface area contributed by atoms with Gasteiger partial charge >= 0.3 is 0 Å². The highest BCUT2D eigenvalue weighted by Crippen LogP contribution is 2.16. The van der Waals surface area contributed by atoms with Crippen molar-refractivity contribution in [1.82, 2.24) is 5.43 Å². The number of nitrogens with zero attached hydrogens (tertiary/aromatic N) is 1. The summed E-state index contributed by atoms with van der Waals surface area (Å²) in [6.07, 6.45) is 0. The number of amides is 1. The van der Waals surface area contributed by atoms with Gasteiger partial charge in [-0.2, -0.15) is 5.10 Å². The first-order chi connectivity index (χ1) is 11.1. The van der Waals surface area contributed by atoms with Crippen molar-refractivity contribution >= 4 is 23.4 Å². The fraction of sp³-hybridized carbons (Fsp3) is 0.222. The number of hydrazone groups is 1. The lowest BCUT2D eigenvalue weighted by molar-refractivity contribution is -0.118. The van der Waals surface area contributed by atoms with Crippen molar-refractivity contribution in [2.24, 2.45) is 5.10 Å². The topological polar surface area (TPSA) is 61.7 Å². The molecule has 120 valence electrons. The molecule has 23 heavy (non-hydrogen) atoms. The van der Waals surface area contributed by atoms with Gasteiger partial charge in [-0.25, -0.2) is 5.43 Å².